The predicted octanol–water partition coefficient (Wildman–Crippen LogP) is 3.84. The molecular formula is C27H32N4O3. The Morgan fingerprint density at radius 1 is 1.09 bits per heavy atom. The van der Waals surface area contributed by atoms with Gasteiger partial charge < -0.3 is 15.0 Å². The minimum absolute atomic E-state index is 0.107. The van der Waals surface area contributed by atoms with E-state index in [1.807, 2.05) is 25.1 Å². The molecule has 1 saturated heterocycles. The number of nitrogens with zero attached hydrogens (tertiary/aromatic N) is 3. The lowest BCUT2D eigenvalue weighted by Gasteiger charge is -2.34. The number of aryl methyl sites for hydroxylation is 1. The summed E-state index contributed by atoms with van der Waals surface area (Å²) in [6.45, 7) is 8.42. The van der Waals surface area contributed by atoms with E-state index in [-0.39, 0.29) is 23.6 Å². The number of likely N-dealkylation sites (tertiary alicyclic amines) is 1. The van der Waals surface area contributed by atoms with E-state index in [9.17, 15) is 9.59 Å². The van der Waals surface area contributed by atoms with Crippen molar-refractivity contribution in [1.29, 1.82) is 0 Å². The average molecular weight is 461 g/mol. The van der Waals surface area contributed by atoms with E-state index in [2.05, 4.69) is 29.0 Å². The Kier molecular flexibility index (Phi) is 6.13. The fraction of sp³-hybridized carbons (Fsp3) is 0.444. The topological polar surface area (TPSA) is 76.5 Å². The first kappa shape index (κ1) is 22.6. The maximum absolute atomic E-state index is 13.5. The standard InChI is InChI=1S/C27H32N4O3/c1-17(2)30-12-10-21(11-13-30)34-22-8-9-24-23(15-22)27(33)31(16-28-24)25-14-19(5-4-18(25)3)26(32)29-20-6-7-20/h4-5,8-9,14-17,20-21H,6-7,10-13H2,1-3H3,(H,29,32). The van der Waals surface area contributed by atoms with Crippen LogP contribution in [0.4, 0.5) is 0 Å². The molecule has 3 aromatic rings. The number of piperidine rings is 1. The Bertz CT molecular complexity index is 1270. The van der Waals surface area contributed by atoms with E-state index in [1.54, 1.807) is 18.2 Å². The van der Waals surface area contributed by atoms with Crippen LogP contribution in [-0.2, 0) is 0 Å². The highest BCUT2D eigenvalue weighted by Crippen LogP contribution is 2.24. The molecule has 0 unspecified atom stereocenters. The summed E-state index contributed by atoms with van der Waals surface area (Å²) in [6, 6.07) is 11.8. The maximum atomic E-state index is 13.5. The van der Waals surface area contributed by atoms with Crippen LogP contribution in [0.5, 0.6) is 5.75 Å². The lowest BCUT2D eigenvalue weighted by molar-refractivity contribution is 0.0844. The molecule has 0 bridgehead atoms. The summed E-state index contributed by atoms with van der Waals surface area (Å²) in [5, 5.41) is 3.51. The summed E-state index contributed by atoms with van der Waals surface area (Å²) in [6.07, 6.45) is 5.69. The monoisotopic (exact) mass is 460 g/mol. The Hall–Kier alpha value is -3.19. The highest BCUT2D eigenvalue weighted by Gasteiger charge is 2.24. The van der Waals surface area contributed by atoms with E-state index in [0.717, 1.165) is 44.3 Å². The summed E-state index contributed by atoms with van der Waals surface area (Å²) >= 11 is 0. The van der Waals surface area contributed by atoms with E-state index in [1.165, 1.54) is 10.9 Å². The fourth-order valence-corrected chi connectivity index (χ4v) is 4.56. The summed E-state index contributed by atoms with van der Waals surface area (Å²) in [7, 11) is 0. The third kappa shape index (κ3) is 4.71. The Morgan fingerprint density at radius 2 is 1.85 bits per heavy atom. The SMILES string of the molecule is Cc1ccc(C(=O)NC2CC2)cc1-n1cnc2ccc(OC3CCN(C(C)C)CC3)cc2c1=O. The van der Waals surface area contributed by atoms with Crippen LogP contribution in [-0.4, -0.2) is 51.6 Å². The van der Waals surface area contributed by atoms with E-state index < -0.39 is 0 Å². The number of fused-ring (bicyclic) bond motifs is 1. The van der Waals surface area contributed by atoms with Crippen LogP contribution in [0.15, 0.2) is 47.5 Å². The second kappa shape index (κ2) is 9.22. The van der Waals surface area contributed by atoms with Crippen LogP contribution in [0.1, 0.15) is 55.5 Å². The van der Waals surface area contributed by atoms with Gasteiger partial charge in [0.2, 0.25) is 0 Å². The quantitative estimate of drug-likeness (QED) is 0.605. The smallest absolute Gasteiger partial charge is 0.265 e. The van der Waals surface area contributed by atoms with Crippen LogP contribution in [0, 0.1) is 6.92 Å². The van der Waals surface area contributed by atoms with Gasteiger partial charge in [-0.15, -0.1) is 0 Å². The minimum atomic E-state index is -0.173. The molecule has 1 aliphatic heterocycles. The van der Waals surface area contributed by atoms with Crippen LogP contribution < -0.4 is 15.6 Å². The Balaban J connectivity index is 1.42. The zero-order valence-electron chi connectivity index (χ0n) is 20.1. The summed E-state index contributed by atoms with van der Waals surface area (Å²) < 4.78 is 7.78. The van der Waals surface area contributed by atoms with Crippen molar-refractivity contribution in [3.8, 4) is 11.4 Å². The van der Waals surface area contributed by atoms with Gasteiger partial charge in [0.15, 0.2) is 0 Å². The molecule has 7 heteroatoms. The molecule has 1 aromatic heterocycles. The highest BCUT2D eigenvalue weighted by molar-refractivity contribution is 5.95. The van der Waals surface area contributed by atoms with Gasteiger partial charge in [-0.05, 0) is 82.3 Å². The van der Waals surface area contributed by atoms with Crippen molar-refractivity contribution in [3.63, 3.8) is 0 Å². The number of rotatable bonds is 6. The third-order valence-electron chi connectivity index (χ3n) is 6.88. The molecule has 0 spiro atoms. The second-order valence-corrected chi connectivity index (χ2v) is 9.79. The van der Waals surface area contributed by atoms with Gasteiger partial charge in [0, 0.05) is 30.7 Å². The number of carbonyl (C=O) groups is 1. The van der Waals surface area contributed by atoms with Gasteiger partial charge in [-0.3, -0.25) is 14.2 Å². The molecule has 2 fully saturated rings. The van der Waals surface area contributed by atoms with Crippen molar-refractivity contribution in [1.82, 2.24) is 19.8 Å². The maximum Gasteiger partial charge on any atom is 0.265 e. The molecule has 1 saturated carbocycles. The van der Waals surface area contributed by atoms with Crippen LogP contribution in [0.25, 0.3) is 16.6 Å². The van der Waals surface area contributed by atoms with Gasteiger partial charge in [0.1, 0.15) is 18.2 Å². The summed E-state index contributed by atoms with van der Waals surface area (Å²) in [5.41, 5.74) is 2.56. The molecule has 2 aromatic carbocycles. The van der Waals surface area contributed by atoms with Gasteiger partial charge in [-0.2, -0.15) is 0 Å². The number of nitrogens with one attached hydrogen (secondary N) is 1. The largest absolute Gasteiger partial charge is 0.490 e. The number of benzene rings is 2. The van der Waals surface area contributed by atoms with Crippen molar-refractivity contribution in [2.75, 3.05) is 13.1 Å². The first-order chi connectivity index (χ1) is 16.4. The van der Waals surface area contributed by atoms with E-state index in [4.69, 9.17) is 4.74 Å². The summed E-state index contributed by atoms with van der Waals surface area (Å²) in [4.78, 5) is 33.0. The number of carbonyl (C=O) groups excluding carboxylic acids is 1. The van der Waals surface area contributed by atoms with E-state index >= 15 is 0 Å². The molecule has 2 aliphatic rings. The Labute approximate surface area is 199 Å². The number of hydrogen-bond donors (Lipinski definition) is 1. The van der Waals surface area contributed by atoms with Gasteiger partial charge >= 0.3 is 0 Å². The lowest BCUT2D eigenvalue weighted by Crippen LogP contribution is -2.41. The number of hydrogen-bond acceptors (Lipinski definition) is 5. The second-order valence-electron chi connectivity index (χ2n) is 9.79. The molecule has 0 atom stereocenters. The molecule has 1 aliphatic carbocycles. The van der Waals surface area contributed by atoms with Crippen molar-refractivity contribution in [2.24, 2.45) is 0 Å². The molecule has 2 heterocycles. The van der Waals surface area contributed by atoms with Gasteiger partial charge in [-0.1, -0.05) is 6.07 Å². The molecular weight excluding hydrogens is 428 g/mol. The normalized spacial score (nSPS) is 17.3. The molecule has 5 rings (SSSR count). The fourth-order valence-electron chi connectivity index (χ4n) is 4.56. The van der Waals surface area contributed by atoms with Crippen LogP contribution in [0.3, 0.4) is 0 Å². The van der Waals surface area contributed by atoms with E-state index in [0.29, 0.717) is 33.9 Å². The van der Waals surface area contributed by atoms with Gasteiger partial charge in [-0.25, -0.2) is 4.98 Å². The molecule has 7 nitrogen and oxygen atoms in total. The van der Waals surface area contributed by atoms with Crippen LogP contribution in [0.2, 0.25) is 0 Å². The first-order valence-corrected chi connectivity index (χ1v) is 12.2. The first-order valence-electron chi connectivity index (χ1n) is 12.2. The van der Waals surface area contributed by atoms with Crippen LogP contribution >= 0.6 is 0 Å². The van der Waals surface area contributed by atoms with Crippen molar-refractivity contribution in [2.45, 2.75) is 64.6 Å². The van der Waals surface area contributed by atoms with Gasteiger partial charge in [0.25, 0.3) is 11.5 Å². The Morgan fingerprint density at radius 3 is 2.56 bits per heavy atom. The summed E-state index contributed by atoms with van der Waals surface area (Å²) in [5.74, 6) is 0.589. The number of ether oxygens (including phenoxy) is 1. The molecule has 1 N–H and O–H groups in total. The highest BCUT2D eigenvalue weighted by atomic mass is 16.5. The van der Waals surface area contributed by atoms with Crippen molar-refractivity contribution >= 4 is 16.8 Å². The van der Waals surface area contributed by atoms with Crippen molar-refractivity contribution < 1.29 is 9.53 Å². The van der Waals surface area contributed by atoms with Gasteiger partial charge in [0.05, 0.1) is 16.6 Å². The predicted molar refractivity (Wildman–Crippen MR) is 133 cm³/mol. The number of amides is 1. The zero-order chi connectivity index (χ0) is 23.8. The minimum Gasteiger partial charge on any atom is -0.490 e. The zero-order valence-corrected chi connectivity index (χ0v) is 20.1. The average Bonchev–Trinajstić information content (AvgIpc) is 3.64. The molecule has 34 heavy (non-hydrogen) atoms. The van der Waals surface area contributed by atoms with Crippen molar-refractivity contribution in [3.05, 3.63) is 64.2 Å². The lowest BCUT2D eigenvalue weighted by atomic mass is 10.1. The molecule has 1 amide bonds. The third-order valence-corrected chi connectivity index (χ3v) is 6.88. The number of aromatic nitrogens is 2. The molecule has 0 radical (unpaired) electrons. The molecule has 178 valence electrons.